The number of hydrogen-bond acceptors (Lipinski definition) is 5. The fourth-order valence-electron chi connectivity index (χ4n) is 2.95. The Hall–Kier alpha value is -1.31. The van der Waals surface area contributed by atoms with Crippen LogP contribution in [0.4, 0.5) is 8.78 Å². The predicted molar refractivity (Wildman–Crippen MR) is 81.6 cm³/mol. The van der Waals surface area contributed by atoms with E-state index in [1.807, 2.05) is 4.90 Å². The van der Waals surface area contributed by atoms with Crippen molar-refractivity contribution >= 4 is 0 Å². The summed E-state index contributed by atoms with van der Waals surface area (Å²) in [6, 6.07) is 3.17. The number of likely N-dealkylation sites (tertiary alicyclic amines) is 1. The normalized spacial score (nSPS) is 21.2. The molecule has 2 fully saturated rings. The van der Waals surface area contributed by atoms with Crippen LogP contribution in [-0.2, 0) is 12.5 Å². The lowest BCUT2D eigenvalue weighted by atomic mass is 10.1. The molecular formula is C16H23F2N3O2. The molecule has 0 aliphatic carbocycles. The molecule has 1 aromatic heterocycles. The quantitative estimate of drug-likeness (QED) is 0.858. The van der Waals surface area contributed by atoms with Crippen molar-refractivity contribution in [3.8, 4) is 5.88 Å². The summed E-state index contributed by atoms with van der Waals surface area (Å²) < 4.78 is 33.2. The zero-order chi connectivity index (χ0) is 16.4. The van der Waals surface area contributed by atoms with Crippen molar-refractivity contribution in [3.63, 3.8) is 0 Å². The first-order valence-electron chi connectivity index (χ1n) is 8.07. The molecule has 1 aromatic rings. The number of hydrogen-bond donors (Lipinski definition) is 2. The lowest BCUT2D eigenvalue weighted by Crippen LogP contribution is -2.49. The first-order valence-corrected chi connectivity index (χ1v) is 8.07. The summed E-state index contributed by atoms with van der Waals surface area (Å²) in [5.74, 6) is -2.73. The van der Waals surface area contributed by atoms with Gasteiger partial charge in [0.05, 0.1) is 6.10 Å². The van der Waals surface area contributed by atoms with E-state index in [9.17, 15) is 13.9 Å². The maximum atomic E-state index is 13.7. The summed E-state index contributed by atoms with van der Waals surface area (Å²) in [4.78, 5) is 6.01. The molecule has 128 valence electrons. The fraction of sp³-hybridized carbons (Fsp3) is 0.688. The van der Waals surface area contributed by atoms with Gasteiger partial charge in [0.25, 0.3) is 5.92 Å². The number of ether oxygens (including phenoxy) is 1. The molecule has 3 rings (SSSR count). The van der Waals surface area contributed by atoms with E-state index in [2.05, 4.69) is 10.3 Å². The third-order valence-corrected chi connectivity index (χ3v) is 4.23. The van der Waals surface area contributed by atoms with Crippen LogP contribution in [0.2, 0.25) is 0 Å². The van der Waals surface area contributed by atoms with Gasteiger partial charge in [0.1, 0.15) is 11.8 Å². The highest BCUT2D eigenvalue weighted by atomic mass is 19.3. The molecule has 0 atom stereocenters. The molecule has 0 amide bonds. The fourth-order valence-corrected chi connectivity index (χ4v) is 2.95. The van der Waals surface area contributed by atoms with Crippen LogP contribution in [0.3, 0.4) is 0 Å². The standard InChI is InChI=1S/C16H23F2N3O2/c1-16(17,18)14-6-11(8-21-9-12(22)10-21)7-15(20-14)23-13-2-4-19-5-3-13/h6-7,12-13,19,22H,2-5,8-10H2,1H3. The molecule has 2 N–H and O–H groups in total. The van der Waals surface area contributed by atoms with Crippen molar-refractivity contribution in [2.24, 2.45) is 0 Å². The molecule has 0 bridgehead atoms. The van der Waals surface area contributed by atoms with Crippen LogP contribution in [0.5, 0.6) is 5.88 Å². The van der Waals surface area contributed by atoms with Gasteiger partial charge >= 0.3 is 0 Å². The Labute approximate surface area is 134 Å². The number of aliphatic hydroxyl groups excluding tert-OH is 1. The van der Waals surface area contributed by atoms with E-state index in [-0.39, 0.29) is 23.8 Å². The number of β-amino-alcohol motifs (C(OH)–C–C–N with tert-alkyl or cyclic N) is 1. The summed E-state index contributed by atoms with van der Waals surface area (Å²) in [5.41, 5.74) is 0.479. The number of pyridine rings is 1. The van der Waals surface area contributed by atoms with Gasteiger partial charge in [-0.2, -0.15) is 8.78 Å². The van der Waals surface area contributed by atoms with Gasteiger partial charge in [-0.1, -0.05) is 0 Å². The smallest absolute Gasteiger partial charge is 0.287 e. The molecular weight excluding hydrogens is 304 g/mol. The molecule has 0 aromatic carbocycles. The Morgan fingerprint density at radius 3 is 2.65 bits per heavy atom. The van der Waals surface area contributed by atoms with Crippen molar-refractivity contribution in [1.29, 1.82) is 0 Å². The van der Waals surface area contributed by atoms with Crippen molar-refractivity contribution in [2.75, 3.05) is 26.2 Å². The van der Waals surface area contributed by atoms with Crippen LogP contribution in [-0.4, -0.2) is 53.4 Å². The number of piperidine rings is 1. The van der Waals surface area contributed by atoms with Crippen LogP contribution in [0.15, 0.2) is 12.1 Å². The first kappa shape index (κ1) is 16.5. The van der Waals surface area contributed by atoms with Crippen LogP contribution < -0.4 is 10.1 Å². The Balaban J connectivity index is 1.76. The Morgan fingerprint density at radius 1 is 1.35 bits per heavy atom. The number of aliphatic hydroxyl groups is 1. The maximum absolute atomic E-state index is 13.7. The first-order chi connectivity index (χ1) is 10.9. The zero-order valence-electron chi connectivity index (χ0n) is 13.3. The average molecular weight is 327 g/mol. The predicted octanol–water partition coefficient (Wildman–Crippen LogP) is 1.50. The summed E-state index contributed by atoms with van der Waals surface area (Å²) in [6.45, 7) is 4.25. The molecule has 2 aliphatic rings. The highest BCUT2D eigenvalue weighted by molar-refractivity contribution is 5.27. The van der Waals surface area contributed by atoms with Gasteiger partial charge in [0.15, 0.2) is 0 Å². The number of halogens is 2. The maximum Gasteiger partial charge on any atom is 0.287 e. The van der Waals surface area contributed by atoms with E-state index in [1.165, 1.54) is 6.07 Å². The highest BCUT2D eigenvalue weighted by Crippen LogP contribution is 2.29. The SMILES string of the molecule is CC(F)(F)c1cc(CN2CC(O)C2)cc(OC2CCNCC2)n1. The van der Waals surface area contributed by atoms with Gasteiger partial charge in [-0.05, 0) is 37.6 Å². The minimum absolute atomic E-state index is 0.0168. The number of nitrogens with zero attached hydrogens (tertiary/aromatic N) is 2. The van der Waals surface area contributed by atoms with Gasteiger partial charge in [0, 0.05) is 32.6 Å². The lowest BCUT2D eigenvalue weighted by Gasteiger charge is -2.36. The minimum Gasteiger partial charge on any atom is -0.474 e. The van der Waals surface area contributed by atoms with Crippen LogP contribution in [0.25, 0.3) is 0 Å². The molecule has 0 unspecified atom stereocenters. The van der Waals surface area contributed by atoms with Crippen LogP contribution in [0.1, 0.15) is 31.0 Å². The highest BCUT2D eigenvalue weighted by Gasteiger charge is 2.29. The topological polar surface area (TPSA) is 57.6 Å². The second-order valence-corrected chi connectivity index (χ2v) is 6.50. The molecule has 3 heterocycles. The van der Waals surface area contributed by atoms with E-state index >= 15 is 0 Å². The van der Waals surface area contributed by atoms with Crippen molar-refractivity contribution in [1.82, 2.24) is 15.2 Å². The monoisotopic (exact) mass is 327 g/mol. The summed E-state index contributed by atoms with van der Waals surface area (Å²) in [5, 5.41) is 12.6. The number of aromatic nitrogens is 1. The van der Waals surface area contributed by atoms with Crippen molar-refractivity contribution < 1.29 is 18.6 Å². The van der Waals surface area contributed by atoms with Crippen LogP contribution >= 0.6 is 0 Å². The molecule has 0 saturated carbocycles. The second kappa shape index (κ2) is 6.67. The van der Waals surface area contributed by atoms with Gasteiger partial charge in [-0.15, -0.1) is 0 Å². The summed E-state index contributed by atoms with van der Waals surface area (Å²) in [6.07, 6.45) is 1.40. The molecule has 0 radical (unpaired) electrons. The van der Waals surface area contributed by atoms with E-state index in [0.717, 1.165) is 38.4 Å². The third kappa shape index (κ3) is 4.37. The largest absolute Gasteiger partial charge is 0.474 e. The number of nitrogens with one attached hydrogen (secondary N) is 1. The molecule has 23 heavy (non-hydrogen) atoms. The number of rotatable bonds is 5. The summed E-state index contributed by atoms with van der Waals surface area (Å²) in [7, 11) is 0. The van der Waals surface area contributed by atoms with Gasteiger partial charge in [-0.3, -0.25) is 4.90 Å². The van der Waals surface area contributed by atoms with E-state index in [0.29, 0.717) is 19.6 Å². The van der Waals surface area contributed by atoms with Crippen LogP contribution in [0, 0.1) is 0 Å². The molecule has 0 spiro atoms. The Kier molecular flexibility index (Phi) is 4.79. The van der Waals surface area contributed by atoms with Gasteiger partial charge in [0.2, 0.25) is 5.88 Å². The minimum atomic E-state index is -3.00. The van der Waals surface area contributed by atoms with E-state index < -0.39 is 5.92 Å². The Morgan fingerprint density at radius 2 is 2.04 bits per heavy atom. The molecule has 2 saturated heterocycles. The molecule has 2 aliphatic heterocycles. The van der Waals surface area contributed by atoms with Gasteiger partial charge < -0.3 is 15.2 Å². The lowest BCUT2D eigenvalue weighted by molar-refractivity contribution is -0.00380. The van der Waals surface area contributed by atoms with Crippen molar-refractivity contribution in [3.05, 3.63) is 23.4 Å². The van der Waals surface area contributed by atoms with E-state index in [4.69, 9.17) is 4.74 Å². The van der Waals surface area contributed by atoms with Gasteiger partial charge in [-0.25, -0.2) is 4.98 Å². The summed E-state index contributed by atoms with van der Waals surface area (Å²) >= 11 is 0. The molecule has 7 heteroatoms. The van der Waals surface area contributed by atoms with E-state index in [1.54, 1.807) is 6.07 Å². The second-order valence-electron chi connectivity index (χ2n) is 6.50. The zero-order valence-corrected chi connectivity index (χ0v) is 13.3. The number of alkyl halides is 2. The average Bonchev–Trinajstić information content (AvgIpc) is 2.45. The third-order valence-electron chi connectivity index (χ3n) is 4.23. The Bertz CT molecular complexity index is 539. The van der Waals surface area contributed by atoms with Crippen molar-refractivity contribution in [2.45, 2.75) is 44.4 Å². The molecule has 5 nitrogen and oxygen atoms in total.